The van der Waals surface area contributed by atoms with E-state index in [4.69, 9.17) is 0 Å². The lowest BCUT2D eigenvalue weighted by Gasteiger charge is -2.22. The lowest BCUT2D eigenvalue weighted by molar-refractivity contribution is -0.124. The average molecular weight is 257 g/mol. The predicted molar refractivity (Wildman–Crippen MR) is 78.3 cm³/mol. The molecule has 2 N–H and O–H groups in total. The van der Waals surface area contributed by atoms with Gasteiger partial charge < -0.3 is 10.4 Å². The molecule has 0 atom stereocenters. The van der Waals surface area contributed by atoms with Gasteiger partial charge in [-0.1, -0.05) is 39.0 Å². The number of aromatic hydroxyl groups is 1. The van der Waals surface area contributed by atoms with Crippen LogP contribution in [0.2, 0.25) is 0 Å². The minimum absolute atomic E-state index is 0.00848. The zero-order chi connectivity index (χ0) is 14.0. The molecule has 100 valence electrons. The van der Waals surface area contributed by atoms with Gasteiger partial charge in [0.2, 0.25) is 5.91 Å². The Morgan fingerprint density at radius 1 is 1.26 bits per heavy atom. The number of fused-ring (bicyclic) bond motifs is 1. The predicted octanol–water partition coefficient (Wildman–Crippen LogP) is 3.92. The van der Waals surface area contributed by atoms with Crippen molar-refractivity contribution in [2.45, 2.75) is 27.2 Å². The maximum Gasteiger partial charge on any atom is 0.230 e. The third-order valence-corrected chi connectivity index (χ3v) is 3.61. The molecule has 0 aliphatic heterocycles. The summed E-state index contributed by atoms with van der Waals surface area (Å²) in [4.78, 5) is 12.2. The number of amides is 1. The number of phenols is 1. The molecule has 0 saturated carbocycles. The summed E-state index contributed by atoms with van der Waals surface area (Å²) in [7, 11) is 0. The van der Waals surface area contributed by atoms with Crippen molar-refractivity contribution in [1.29, 1.82) is 0 Å². The Morgan fingerprint density at radius 3 is 2.68 bits per heavy atom. The largest absolute Gasteiger partial charge is 0.508 e. The van der Waals surface area contributed by atoms with Crippen LogP contribution in [-0.2, 0) is 4.79 Å². The Labute approximate surface area is 113 Å². The Bertz CT molecular complexity index is 617. The van der Waals surface area contributed by atoms with E-state index >= 15 is 0 Å². The molecule has 1 amide bonds. The normalized spacial score (nSPS) is 11.5. The summed E-state index contributed by atoms with van der Waals surface area (Å²) >= 11 is 0. The number of nitrogens with one attached hydrogen (secondary N) is 1. The molecule has 3 nitrogen and oxygen atoms in total. The number of phenolic OH excluding ortho intramolecular Hbond substituents is 1. The summed E-state index contributed by atoms with van der Waals surface area (Å²) < 4.78 is 0. The third kappa shape index (κ3) is 2.70. The molecule has 0 fully saturated rings. The van der Waals surface area contributed by atoms with Crippen LogP contribution in [0.3, 0.4) is 0 Å². The first kappa shape index (κ1) is 13.4. The van der Waals surface area contributed by atoms with Crippen LogP contribution in [0.5, 0.6) is 5.75 Å². The standard InChI is InChI=1S/C16H19NO2/c1-4-16(2,3)15(19)17-14-7-5-6-11-8-9-12(18)10-13(11)14/h5-10,18H,4H2,1-3H3,(H,17,19). The zero-order valence-corrected chi connectivity index (χ0v) is 11.5. The van der Waals surface area contributed by atoms with Gasteiger partial charge in [-0.25, -0.2) is 0 Å². The van der Waals surface area contributed by atoms with E-state index in [2.05, 4.69) is 5.32 Å². The van der Waals surface area contributed by atoms with Crippen LogP contribution in [0, 0.1) is 5.41 Å². The quantitative estimate of drug-likeness (QED) is 0.875. The van der Waals surface area contributed by atoms with E-state index in [0.29, 0.717) is 0 Å². The molecular formula is C16H19NO2. The maximum atomic E-state index is 12.2. The van der Waals surface area contributed by atoms with Gasteiger partial charge in [0, 0.05) is 16.5 Å². The van der Waals surface area contributed by atoms with Crippen LogP contribution >= 0.6 is 0 Å². The highest BCUT2D eigenvalue weighted by Gasteiger charge is 2.25. The number of benzene rings is 2. The van der Waals surface area contributed by atoms with Crippen LogP contribution in [0.15, 0.2) is 36.4 Å². The SMILES string of the molecule is CCC(C)(C)C(=O)Nc1cccc2ccc(O)cc12. The summed E-state index contributed by atoms with van der Waals surface area (Å²) in [5.74, 6) is 0.190. The molecule has 3 heteroatoms. The van der Waals surface area contributed by atoms with Crippen molar-refractivity contribution in [3.63, 3.8) is 0 Å². The van der Waals surface area contributed by atoms with Gasteiger partial charge in [0.05, 0.1) is 0 Å². The number of carbonyl (C=O) groups excluding carboxylic acids is 1. The second kappa shape index (κ2) is 4.92. The molecule has 19 heavy (non-hydrogen) atoms. The Morgan fingerprint density at radius 2 is 2.00 bits per heavy atom. The summed E-state index contributed by atoms with van der Waals surface area (Å²) in [5, 5.41) is 14.4. The van der Waals surface area contributed by atoms with Gasteiger partial charge >= 0.3 is 0 Å². The molecule has 2 aromatic rings. The molecule has 0 unspecified atom stereocenters. The van der Waals surface area contributed by atoms with Crippen molar-refractivity contribution in [3.05, 3.63) is 36.4 Å². The lowest BCUT2D eigenvalue weighted by atomic mass is 9.89. The topological polar surface area (TPSA) is 49.3 Å². The lowest BCUT2D eigenvalue weighted by Crippen LogP contribution is -2.30. The maximum absolute atomic E-state index is 12.2. The monoisotopic (exact) mass is 257 g/mol. The molecule has 0 bridgehead atoms. The van der Waals surface area contributed by atoms with Crippen molar-refractivity contribution >= 4 is 22.4 Å². The van der Waals surface area contributed by atoms with Crippen LogP contribution in [0.4, 0.5) is 5.69 Å². The van der Waals surface area contributed by atoms with Crippen LogP contribution in [0.1, 0.15) is 27.2 Å². The molecule has 0 heterocycles. The molecule has 0 saturated heterocycles. The van der Waals surface area contributed by atoms with Gasteiger partial charge in [-0.15, -0.1) is 0 Å². The number of rotatable bonds is 3. The fourth-order valence-electron chi connectivity index (χ4n) is 1.82. The van der Waals surface area contributed by atoms with E-state index in [9.17, 15) is 9.90 Å². The molecule has 0 aliphatic carbocycles. The Balaban J connectivity index is 2.41. The van der Waals surface area contributed by atoms with Gasteiger partial charge in [-0.2, -0.15) is 0 Å². The van der Waals surface area contributed by atoms with E-state index in [1.807, 2.05) is 45.0 Å². The molecule has 0 radical (unpaired) electrons. The highest BCUT2D eigenvalue weighted by Crippen LogP contribution is 2.29. The minimum Gasteiger partial charge on any atom is -0.508 e. The minimum atomic E-state index is -0.404. The number of carbonyl (C=O) groups is 1. The van der Waals surface area contributed by atoms with Crippen molar-refractivity contribution in [1.82, 2.24) is 0 Å². The highest BCUT2D eigenvalue weighted by molar-refractivity contribution is 6.04. The van der Waals surface area contributed by atoms with E-state index < -0.39 is 5.41 Å². The molecule has 2 aromatic carbocycles. The second-order valence-electron chi connectivity index (χ2n) is 5.40. The van der Waals surface area contributed by atoms with Crippen molar-refractivity contribution in [2.75, 3.05) is 5.32 Å². The molecule has 0 spiro atoms. The molecular weight excluding hydrogens is 238 g/mol. The zero-order valence-electron chi connectivity index (χ0n) is 11.5. The van der Waals surface area contributed by atoms with Crippen molar-refractivity contribution in [2.24, 2.45) is 5.41 Å². The third-order valence-electron chi connectivity index (χ3n) is 3.61. The van der Waals surface area contributed by atoms with Crippen molar-refractivity contribution < 1.29 is 9.90 Å². The number of hydrogen-bond acceptors (Lipinski definition) is 2. The van der Waals surface area contributed by atoms with Gasteiger partial charge in [0.1, 0.15) is 5.75 Å². The van der Waals surface area contributed by atoms with E-state index in [-0.39, 0.29) is 11.7 Å². The first-order valence-electron chi connectivity index (χ1n) is 6.47. The summed E-state index contributed by atoms with van der Waals surface area (Å²) in [6, 6.07) is 10.9. The number of hydrogen-bond donors (Lipinski definition) is 2. The summed E-state index contributed by atoms with van der Waals surface area (Å²) in [6.07, 6.45) is 0.773. The van der Waals surface area contributed by atoms with E-state index in [1.165, 1.54) is 0 Å². The molecule has 0 aromatic heterocycles. The van der Waals surface area contributed by atoms with Crippen LogP contribution in [-0.4, -0.2) is 11.0 Å². The smallest absolute Gasteiger partial charge is 0.230 e. The van der Waals surface area contributed by atoms with E-state index in [1.54, 1.807) is 12.1 Å². The second-order valence-corrected chi connectivity index (χ2v) is 5.40. The van der Waals surface area contributed by atoms with Crippen LogP contribution in [0.25, 0.3) is 10.8 Å². The summed E-state index contributed by atoms with van der Waals surface area (Å²) in [6.45, 7) is 5.84. The fourth-order valence-corrected chi connectivity index (χ4v) is 1.82. The Kier molecular flexibility index (Phi) is 3.47. The Hall–Kier alpha value is -2.03. The summed E-state index contributed by atoms with van der Waals surface area (Å²) in [5.41, 5.74) is 0.332. The first-order valence-corrected chi connectivity index (χ1v) is 6.47. The van der Waals surface area contributed by atoms with Crippen molar-refractivity contribution in [3.8, 4) is 5.75 Å². The van der Waals surface area contributed by atoms with Gasteiger partial charge in [0.15, 0.2) is 0 Å². The van der Waals surface area contributed by atoms with Gasteiger partial charge in [-0.3, -0.25) is 4.79 Å². The fraction of sp³-hybridized carbons (Fsp3) is 0.312. The highest BCUT2D eigenvalue weighted by atomic mass is 16.3. The number of anilines is 1. The first-order chi connectivity index (χ1) is 8.94. The van der Waals surface area contributed by atoms with Crippen LogP contribution < -0.4 is 5.32 Å². The van der Waals surface area contributed by atoms with Gasteiger partial charge in [-0.05, 0) is 30.0 Å². The average Bonchev–Trinajstić information content (AvgIpc) is 2.39. The van der Waals surface area contributed by atoms with E-state index in [0.717, 1.165) is 22.9 Å². The van der Waals surface area contributed by atoms with Gasteiger partial charge in [0.25, 0.3) is 0 Å². The molecule has 0 aliphatic rings. The molecule has 2 rings (SSSR count).